The van der Waals surface area contributed by atoms with Gasteiger partial charge in [-0.3, -0.25) is 0 Å². The second-order valence-electron chi connectivity index (χ2n) is 34.8. The normalized spacial score (nSPS) is 11.0. The maximum atomic E-state index is 2.45. The third-order valence-electron chi connectivity index (χ3n) is 25.9. The summed E-state index contributed by atoms with van der Waals surface area (Å²) in [6.45, 7) is 4.30. The Bertz CT molecular complexity index is 7830. The fourth-order valence-electron chi connectivity index (χ4n) is 18.9. The van der Waals surface area contributed by atoms with Crippen molar-refractivity contribution in [2.75, 3.05) is 14.7 Å². The lowest BCUT2D eigenvalue weighted by Crippen LogP contribution is -2.12. The highest BCUT2D eigenvalue weighted by molar-refractivity contribution is 6.14. The summed E-state index contributed by atoms with van der Waals surface area (Å²) in [5, 5.41) is 7.32. The van der Waals surface area contributed by atoms with Crippen molar-refractivity contribution >= 4 is 83.5 Å². The van der Waals surface area contributed by atoms with E-state index in [9.17, 15) is 0 Å². The number of para-hydroxylation sites is 2. The number of rotatable bonds is 20. The van der Waals surface area contributed by atoms with Gasteiger partial charge in [0.2, 0.25) is 0 Å². The fraction of sp³-hybridized carbons (Fsp3) is 0.0149. The Hall–Kier alpha value is -17.8. The highest BCUT2D eigenvalue weighted by Gasteiger charge is 2.26. The molecule has 650 valence electrons. The Balaban J connectivity index is 0.000000124. The third-order valence-corrected chi connectivity index (χ3v) is 25.9. The van der Waals surface area contributed by atoms with E-state index in [4.69, 9.17) is 0 Å². The standard InChI is InChI=1S/C52H37N.2C41H31N/c1-6-16-38(17-7-1)41-26-31-46(32-27-41)53(47-33-28-42(29-34-47)39-18-8-2-9-19-39)52-48-35-30-45(40-20-10-3-11-21-40)36-51(48)49(43-22-12-4-13-23-43)37-50(52)44-24-14-5-15-25-44;1-30-23-24-36-28-37(29-41(40(36)25-30)42(38-19-7-3-8-20-38)39-21-9-4-10-22-39)35-18-12-17-34(27-35)33-16-11-15-32(26-33)31-13-5-2-6-14-31;1-30-16-18-35(19-17-30)41-29-39(28-36-14-8-9-15-40(36)41)42(37-24-20-33(21-25-37)31-10-4-2-5-11-31)38-26-22-34(23-27-38)32-12-6-3-7-13-32/h1-37H;2*2-29H,1H3. The average Bonchev–Trinajstić information content (AvgIpc) is 0.733. The Kier molecular flexibility index (Phi) is 25.2. The van der Waals surface area contributed by atoms with Crippen molar-refractivity contribution in [1.29, 1.82) is 0 Å². The van der Waals surface area contributed by atoms with Crippen LogP contribution in [0.5, 0.6) is 0 Å². The molecule has 0 aliphatic carbocycles. The van der Waals surface area contributed by atoms with Gasteiger partial charge in [0.15, 0.2) is 0 Å². The number of hydrogen-bond donors (Lipinski definition) is 0. The molecule has 23 aromatic carbocycles. The van der Waals surface area contributed by atoms with Gasteiger partial charge in [-0.05, 0) is 280 Å². The maximum absolute atomic E-state index is 2.45. The topological polar surface area (TPSA) is 9.72 Å². The van der Waals surface area contributed by atoms with Crippen LogP contribution in [0.2, 0.25) is 0 Å². The smallest absolute Gasteiger partial charge is 0.0618 e. The minimum atomic E-state index is 1.09. The molecule has 0 spiro atoms. The Morgan fingerprint density at radius 2 is 0.416 bits per heavy atom. The zero-order valence-corrected chi connectivity index (χ0v) is 76.5. The molecule has 23 aromatic rings. The molecule has 3 nitrogen and oxygen atoms in total. The summed E-state index contributed by atoms with van der Waals surface area (Å²) >= 11 is 0. The van der Waals surface area contributed by atoms with E-state index in [2.05, 4.69) is 593 Å². The molecule has 0 aliphatic heterocycles. The molecule has 0 N–H and O–H groups in total. The van der Waals surface area contributed by atoms with Gasteiger partial charge in [0.1, 0.15) is 0 Å². The number of benzene rings is 23. The van der Waals surface area contributed by atoms with Gasteiger partial charge in [0.25, 0.3) is 0 Å². The molecule has 23 rings (SSSR count). The Labute approximate surface area is 804 Å². The van der Waals surface area contributed by atoms with E-state index in [0.717, 1.165) is 45.5 Å². The monoisotopic (exact) mass is 1750 g/mol. The SMILES string of the molecule is Cc1ccc(-c2cc(N(c3ccc(-c4ccccc4)cc3)c3ccc(-c4ccccc4)cc3)cc3ccccc23)cc1.Cc1ccc2cc(-c3cccc(-c4cccc(-c5ccccc5)c4)c3)cc(N(c3ccccc3)c3ccccc3)c2c1.c1ccc(-c2ccc(N(c3ccc(-c4ccccc4)cc3)c3c(-c4ccccc4)cc(-c4ccccc4)c4cc(-c5ccccc5)ccc34)cc2)cc1. The van der Waals surface area contributed by atoms with Crippen LogP contribution < -0.4 is 14.7 Å². The van der Waals surface area contributed by atoms with Crippen LogP contribution in [0.4, 0.5) is 51.2 Å². The van der Waals surface area contributed by atoms with E-state index in [1.54, 1.807) is 0 Å². The molecule has 0 saturated heterocycles. The van der Waals surface area contributed by atoms with Crippen molar-refractivity contribution in [2.45, 2.75) is 13.8 Å². The second-order valence-corrected chi connectivity index (χ2v) is 34.8. The van der Waals surface area contributed by atoms with Gasteiger partial charge in [0, 0.05) is 56.1 Å². The molecule has 0 atom stereocenters. The quantitative estimate of drug-likeness (QED) is 0.0753. The lowest BCUT2D eigenvalue weighted by molar-refractivity contribution is 1.29. The summed E-state index contributed by atoms with van der Waals surface area (Å²) in [5.41, 5.74) is 39.1. The summed E-state index contributed by atoms with van der Waals surface area (Å²) in [5.74, 6) is 0. The van der Waals surface area contributed by atoms with E-state index in [1.807, 2.05) is 0 Å². The molecular formula is C134H99N3. The van der Waals surface area contributed by atoms with E-state index in [1.165, 1.54) is 172 Å². The molecule has 3 heteroatoms. The van der Waals surface area contributed by atoms with Gasteiger partial charge >= 0.3 is 0 Å². The van der Waals surface area contributed by atoms with Crippen molar-refractivity contribution < 1.29 is 0 Å². The molecule has 0 unspecified atom stereocenters. The van der Waals surface area contributed by atoms with Crippen LogP contribution in [-0.2, 0) is 0 Å². The molecule has 0 aliphatic rings. The first-order chi connectivity index (χ1) is 67.7. The molecule has 0 radical (unpaired) electrons. The molecule has 0 fully saturated rings. The number of aryl methyl sites for hydroxylation is 2. The minimum absolute atomic E-state index is 1.09. The lowest BCUT2D eigenvalue weighted by Gasteiger charge is -2.31. The van der Waals surface area contributed by atoms with Crippen LogP contribution in [0.1, 0.15) is 11.1 Å². The van der Waals surface area contributed by atoms with Gasteiger partial charge in [0.05, 0.1) is 11.4 Å². The molecule has 0 aromatic heterocycles. The molecule has 0 saturated carbocycles. The third kappa shape index (κ3) is 19.1. The first-order valence-corrected chi connectivity index (χ1v) is 47.1. The van der Waals surface area contributed by atoms with Crippen LogP contribution >= 0.6 is 0 Å². The fourth-order valence-corrected chi connectivity index (χ4v) is 18.9. The summed E-state index contributed by atoms with van der Waals surface area (Å²) in [4.78, 5) is 7.19. The Morgan fingerprint density at radius 3 is 0.847 bits per heavy atom. The predicted octanol–water partition coefficient (Wildman–Crippen LogP) is 37.9. The zero-order valence-electron chi connectivity index (χ0n) is 76.5. The maximum Gasteiger partial charge on any atom is 0.0618 e. The first kappa shape index (κ1) is 86.0. The highest BCUT2D eigenvalue weighted by Crippen LogP contribution is 2.51. The summed E-state index contributed by atoms with van der Waals surface area (Å²) in [6.07, 6.45) is 0. The minimum Gasteiger partial charge on any atom is -0.310 e. The summed E-state index contributed by atoms with van der Waals surface area (Å²) in [6, 6.07) is 203. The van der Waals surface area contributed by atoms with Gasteiger partial charge in [-0.25, -0.2) is 0 Å². The summed E-state index contributed by atoms with van der Waals surface area (Å²) in [7, 11) is 0. The van der Waals surface area contributed by atoms with Gasteiger partial charge < -0.3 is 14.7 Å². The van der Waals surface area contributed by atoms with E-state index in [0.29, 0.717) is 0 Å². The second kappa shape index (κ2) is 40.1. The first-order valence-electron chi connectivity index (χ1n) is 47.1. The van der Waals surface area contributed by atoms with Gasteiger partial charge in [-0.15, -0.1) is 0 Å². The number of fused-ring (bicyclic) bond motifs is 3. The van der Waals surface area contributed by atoms with Crippen molar-refractivity contribution in [3.8, 4) is 122 Å². The van der Waals surface area contributed by atoms with Gasteiger partial charge in [-0.2, -0.15) is 0 Å². The van der Waals surface area contributed by atoms with Crippen LogP contribution in [0.3, 0.4) is 0 Å². The largest absolute Gasteiger partial charge is 0.310 e. The highest BCUT2D eigenvalue weighted by atomic mass is 15.2. The van der Waals surface area contributed by atoms with E-state index in [-0.39, 0.29) is 0 Å². The van der Waals surface area contributed by atoms with Crippen molar-refractivity contribution in [2.24, 2.45) is 0 Å². The van der Waals surface area contributed by atoms with Crippen molar-refractivity contribution in [3.63, 3.8) is 0 Å². The predicted molar refractivity (Wildman–Crippen MR) is 585 cm³/mol. The molecule has 0 amide bonds. The average molecular weight is 1750 g/mol. The molecule has 0 bridgehead atoms. The number of anilines is 9. The van der Waals surface area contributed by atoms with Crippen LogP contribution in [0, 0.1) is 13.8 Å². The number of nitrogens with zero attached hydrogens (tertiary/aromatic N) is 3. The number of hydrogen-bond acceptors (Lipinski definition) is 3. The van der Waals surface area contributed by atoms with E-state index < -0.39 is 0 Å². The van der Waals surface area contributed by atoms with Crippen molar-refractivity contribution in [3.05, 3.63) is 575 Å². The van der Waals surface area contributed by atoms with Crippen LogP contribution in [0.25, 0.3) is 155 Å². The van der Waals surface area contributed by atoms with Crippen LogP contribution in [0.15, 0.2) is 564 Å². The lowest BCUT2D eigenvalue weighted by atomic mass is 9.88. The summed E-state index contributed by atoms with van der Waals surface area (Å²) < 4.78 is 0. The molecule has 0 heterocycles. The molecular weight excluding hydrogens is 1650 g/mol. The van der Waals surface area contributed by atoms with Crippen LogP contribution in [-0.4, -0.2) is 0 Å². The zero-order chi connectivity index (χ0) is 92.0. The van der Waals surface area contributed by atoms with Crippen molar-refractivity contribution in [1.82, 2.24) is 0 Å². The Morgan fingerprint density at radius 1 is 0.124 bits per heavy atom. The van der Waals surface area contributed by atoms with E-state index >= 15 is 0 Å². The molecule has 137 heavy (non-hydrogen) atoms. The van der Waals surface area contributed by atoms with Gasteiger partial charge in [-0.1, -0.05) is 448 Å².